The third-order valence-electron chi connectivity index (χ3n) is 5.49. The van der Waals surface area contributed by atoms with Gasteiger partial charge in [-0.25, -0.2) is 4.79 Å². The fourth-order valence-corrected chi connectivity index (χ4v) is 4.32. The monoisotopic (exact) mass is 446 g/mol. The number of halogens is 1. The van der Waals surface area contributed by atoms with E-state index in [0.29, 0.717) is 32.7 Å². The number of anilines is 2. The first kappa shape index (κ1) is 21.6. The Morgan fingerprint density at radius 2 is 1.66 bits per heavy atom. The molecule has 7 heteroatoms. The summed E-state index contributed by atoms with van der Waals surface area (Å²) in [5, 5.41) is 6.86. The molecule has 0 atom stereocenters. The molecule has 6 nitrogen and oxygen atoms in total. The fourth-order valence-electron chi connectivity index (χ4n) is 4.09. The Balaban J connectivity index is 1.87. The molecule has 2 heterocycles. The largest absolute Gasteiger partial charge is 0.323 e. The van der Waals surface area contributed by atoms with Crippen LogP contribution in [0.25, 0.3) is 22.0 Å². The number of aromatic nitrogens is 2. The zero-order chi connectivity index (χ0) is 23.0. The highest BCUT2D eigenvalue weighted by molar-refractivity contribution is 6.34. The SMILES string of the molecule is Cc1cc(C)c(NC(=O)Nc2c(-c3ccccc3Cl)c3cnccc3n(C)c2=O)c(C)c1. The fraction of sp³-hybridized carbons (Fsp3) is 0.160. The Hall–Kier alpha value is -3.64. The molecule has 0 radical (unpaired) electrons. The van der Waals surface area contributed by atoms with Crippen molar-refractivity contribution >= 4 is 39.9 Å². The van der Waals surface area contributed by atoms with Gasteiger partial charge in [0, 0.05) is 46.7 Å². The van der Waals surface area contributed by atoms with Gasteiger partial charge in [-0.05, 0) is 44.0 Å². The summed E-state index contributed by atoms with van der Waals surface area (Å²) >= 11 is 6.49. The number of fused-ring (bicyclic) bond motifs is 1. The molecule has 4 rings (SSSR count). The lowest BCUT2D eigenvalue weighted by Crippen LogP contribution is -2.28. The number of nitrogens with zero attached hydrogens (tertiary/aromatic N) is 2. The highest BCUT2D eigenvalue weighted by atomic mass is 35.5. The highest BCUT2D eigenvalue weighted by Crippen LogP contribution is 2.37. The number of pyridine rings is 2. The van der Waals surface area contributed by atoms with Crippen LogP contribution in [-0.2, 0) is 7.05 Å². The summed E-state index contributed by atoms with van der Waals surface area (Å²) in [4.78, 5) is 30.6. The van der Waals surface area contributed by atoms with E-state index in [9.17, 15) is 9.59 Å². The van der Waals surface area contributed by atoms with Crippen LogP contribution in [-0.4, -0.2) is 15.6 Å². The average Bonchev–Trinajstić information content (AvgIpc) is 2.75. The van der Waals surface area contributed by atoms with Crippen LogP contribution in [0.15, 0.2) is 59.7 Å². The summed E-state index contributed by atoms with van der Waals surface area (Å²) in [5.41, 5.74) is 5.38. The Morgan fingerprint density at radius 3 is 2.34 bits per heavy atom. The van der Waals surface area contributed by atoms with Gasteiger partial charge in [-0.15, -0.1) is 0 Å². The molecule has 0 bridgehead atoms. The van der Waals surface area contributed by atoms with Crippen LogP contribution in [0.1, 0.15) is 16.7 Å². The quantitative estimate of drug-likeness (QED) is 0.416. The molecule has 4 aromatic rings. The zero-order valence-corrected chi connectivity index (χ0v) is 19.0. The third kappa shape index (κ3) is 3.85. The smallest absolute Gasteiger partial charge is 0.309 e. The maximum absolute atomic E-state index is 13.3. The summed E-state index contributed by atoms with van der Waals surface area (Å²) < 4.78 is 1.50. The van der Waals surface area contributed by atoms with Crippen molar-refractivity contribution in [2.24, 2.45) is 7.05 Å². The first-order valence-corrected chi connectivity index (χ1v) is 10.5. The van der Waals surface area contributed by atoms with Gasteiger partial charge >= 0.3 is 6.03 Å². The summed E-state index contributed by atoms with van der Waals surface area (Å²) in [5.74, 6) is 0. The molecule has 32 heavy (non-hydrogen) atoms. The first-order valence-electron chi connectivity index (χ1n) is 10.2. The van der Waals surface area contributed by atoms with Crippen LogP contribution in [0.5, 0.6) is 0 Å². The van der Waals surface area contributed by atoms with Gasteiger partial charge in [0.1, 0.15) is 5.69 Å². The lowest BCUT2D eigenvalue weighted by Gasteiger charge is -2.18. The predicted octanol–water partition coefficient (Wildman–Crippen LogP) is 5.82. The molecule has 0 spiro atoms. The summed E-state index contributed by atoms with van der Waals surface area (Å²) in [6, 6.07) is 12.5. The van der Waals surface area contributed by atoms with E-state index >= 15 is 0 Å². The van der Waals surface area contributed by atoms with Crippen LogP contribution in [0, 0.1) is 20.8 Å². The van der Waals surface area contributed by atoms with Crippen LogP contribution in [0.4, 0.5) is 16.2 Å². The standard InChI is InChI=1S/C25H23ClN4O2/c1-14-11-15(2)22(16(3)12-14)28-25(32)29-23-21(17-7-5-6-8-19(17)26)18-13-27-10-9-20(18)30(4)24(23)31/h5-13H,1-4H3,(H2,28,29,32). The molecule has 2 N–H and O–H groups in total. The molecule has 0 aliphatic heterocycles. The minimum atomic E-state index is -0.506. The van der Waals surface area contributed by atoms with E-state index in [0.717, 1.165) is 16.7 Å². The second-order valence-corrected chi connectivity index (χ2v) is 8.25. The van der Waals surface area contributed by atoms with E-state index in [2.05, 4.69) is 15.6 Å². The van der Waals surface area contributed by atoms with Gasteiger partial charge in [-0.2, -0.15) is 0 Å². The first-order chi connectivity index (χ1) is 15.3. The van der Waals surface area contributed by atoms with Gasteiger partial charge in [0.15, 0.2) is 0 Å². The Morgan fingerprint density at radius 1 is 1.00 bits per heavy atom. The molecule has 0 aliphatic carbocycles. The summed E-state index contributed by atoms with van der Waals surface area (Å²) in [6.45, 7) is 5.88. The van der Waals surface area contributed by atoms with Crippen LogP contribution in [0.3, 0.4) is 0 Å². The van der Waals surface area contributed by atoms with E-state index < -0.39 is 6.03 Å². The molecule has 2 aromatic carbocycles. The van der Waals surface area contributed by atoms with Crippen LogP contribution >= 0.6 is 11.6 Å². The second-order valence-electron chi connectivity index (χ2n) is 7.84. The van der Waals surface area contributed by atoms with E-state index in [1.807, 2.05) is 51.1 Å². The highest BCUT2D eigenvalue weighted by Gasteiger charge is 2.21. The van der Waals surface area contributed by atoms with Crippen molar-refractivity contribution in [1.82, 2.24) is 9.55 Å². The molecule has 0 aliphatic rings. The zero-order valence-electron chi connectivity index (χ0n) is 18.3. The van der Waals surface area contributed by atoms with Gasteiger partial charge in [0.2, 0.25) is 0 Å². The maximum atomic E-state index is 13.3. The number of hydrogen-bond donors (Lipinski definition) is 2. The lowest BCUT2D eigenvalue weighted by atomic mass is 10.00. The number of aryl methyl sites for hydroxylation is 4. The number of carbonyl (C=O) groups excluding carboxylic acids is 1. The number of benzene rings is 2. The molecular formula is C25H23ClN4O2. The average molecular weight is 447 g/mol. The van der Waals surface area contributed by atoms with E-state index in [1.165, 1.54) is 4.57 Å². The minimum absolute atomic E-state index is 0.140. The molecule has 162 valence electrons. The molecule has 0 saturated carbocycles. The van der Waals surface area contributed by atoms with E-state index in [-0.39, 0.29) is 11.2 Å². The van der Waals surface area contributed by atoms with Crippen molar-refractivity contribution in [2.75, 3.05) is 10.6 Å². The van der Waals surface area contributed by atoms with Crippen LogP contribution in [0.2, 0.25) is 5.02 Å². The normalized spacial score (nSPS) is 10.9. The Kier molecular flexibility index (Phi) is 5.72. The number of carbonyl (C=O) groups is 1. The Labute approximate surface area is 190 Å². The number of amides is 2. The predicted molar refractivity (Wildman–Crippen MR) is 131 cm³/mol. The van der Waals surface area contributed by atoms with Gasteiger partial charge in [-0.1, -0.05) is 47.5 Å². The molecule has 2 aromatic heterocycles. The van der Waals surface area contributed by atoms with Gasteiger partial charge in [0.05, 0.1) is 5.52 Å². The minimum Gasteiger partial charge on any atom is -0.309 e. The molecular weight excluding hydrogens is 424 g/mol. The van der Waals surface area contributed by atoms with Crippen molar-refractivity contribution in [3.8, 4) is 11.1 Å². The molecule has 2 amide bonds. The Bertz CT molecular complexity index is 1400. The lowest BCUT2D eigenvalue weighted by molar-refractivity contribution is 0.262. The topological polar surface area (TPSA) is 76.0 Å². The number of hydrogen-bond acceptors (Lipinski definition) is 3. The van der Waals surface area contributed by atoms with Gasteiger partial charge < -0.3 is 15.2 Å². The van der Waals surface area contributed by atoms with Gasteiger partial charge in [0.25, 0.3) is 5.56 Å². The summed E-state index contributed by atoms with van der Waals surface area (Å²) in [6.07, 6.45) is 3.30. The van der Waals surface area contributed by atoms with Crippen molar-refractivity contribution in [3.05, 3.63) is 86.9 Å². The summed E-state index contributed by atoms with van der Waals surface area (Å²) in [7, 11) is 1.67. The van der Waals surface area contributed by atoms with E-state index in [4.69, 9.17) is 11.6 Å². The molecule has 0 saturated heterocycles. The third-order valence-corrected chi connectivity index (χ3v) is 5.82. The second kappa shape index (κ2) is 8.48. The van der Waals surface area contributed by atoms with Crippen LogP contribution < -0.4 is 16.2 Å². The number of nitrogens with one attached hydrogen (secondary N) is 2. The molecule has 0 unspecified atom stereocenters. The maximum Gasteiger partial charge on any atom is 0.323 e. The molecule has 0 fully saturated rings. The van der Waals surface area contributed by atoms with E-state index in [1.54, 1.807) is 31.6 Å². The van der Waals surface area contributed by atoms with Crippen molar-refractivity contribution in [2.45, 2.75) is 20.8 Å². The van der Waals surface area contributed by atoms with Crippen molar-refractivity contribution < 1.29 is 4.79 Å². The van der Waals surface area contributed by atoms with Crippen molar-refractivity contribution in [1.29, 1.82) is 0 Å². The van der Waals surface area contributed by atoms with Gasteiger partial charge in [-0.3, -0.25) is 9.78 Å². The van der Waals surface area contributed by atoms with Crippen molar-refractivity contribution in [3.63, 3.8) is 0 Å². The number of rotatable bonds is 3. The number of urea groups is 1.